The van der Waals surface area contributed by atoms with E-state index in [4.69, 9.17) is 23.6 Å². The molecule has 0 aliphatic rings. The number of ether oxygens (including phenoxy) is 2. The maximum Gasteiger partial charge on any atom is 0.407 e. The molecule has 0 saturated carbocycles. The standard InChI is InChI=1S/C12H24N2O4/c1-5-6-12(4,7-17-10(13)15)8-18-11(16)14-9(2)3/h9H,5-8H2,1-4H3,(H2,13,15)(H,14,16)/i1D3,2D3,3D3,5D2,6D2. The summed E-state index contributed by atoms with van der Waals surface area (Å²) in [7, 11) is 0. The van der Waals surface area contributed by atoms with E-state index in [0.717, 1.165) is 6.92 Å². The normalized spacial score (nSPS) is 28.2. The second-order valence-electron chi connectivity index (χ2n) is 3.57. The van der Waals surface area contributed by atoms with Gasteiger partial charge in [0.05, 0.1) is 0 Å². The lowest BCUT2D eigenvalue weighted by Gasteiger charge is -2.27. The number of alkyl carbamates (subject to hydrolysis) is 1. The van der Waals surface area contributed by atoms with E-state index < -0.39 is 70.2 Å². The first-order valence-corrected chi connectivity index (χ1v) is 4.76. The minimum absolute atomic E-state index is 0.901. The molecule has 1 unspecified atom stereocenters. The minimum atomic E-state index is -3.53. The molecule has 0 spiro atoms. The van der Waals surface area contributed by atoms with Crippen LogP contribution in [0, 0.1) is 5.41 Å². The van der Waals surface area contributed by atoms with Gasteiger partial charge in [-0.15, -0.1) is 0 Å². The Morgan fingerprint density at radius 3 is 2.67 bits per heavy atom. The van der Waals surface area contributed by atoms with E-state index in [-0.39, 0.29) is 0 Å². The van der Waals surface area contributed by atoms with Crippen LogP contribution in [0.3, 0.4) is 0 Å². The van der Waals surface area contributed by atoms with E-state index in [1.165, 1.54) is 0 Å². The minimum Gasteiger partial charge on any atom is -0.449 e. The third kappa shape index (κ3) is 7.76. The third-order valence-electron chi connectivity index (χ3n) is 1.68. The number of nitrogens with two attached hydrogens (primary N) is 1. The van der Waals surface area contributed by atoms with Crippen LogP contribution in [0.1, 0.15) is 58.0 Å². The zero-order valence-corrected chi connectivity index (χ0v) is 9.70. The molecule has 0 aromatic heterocycles. The number of rotatable bonds is 7. The van der Waals surface area contributed by atoms with Gasteiger partial charge in [0.1, 0.15) is 13.2 Å². The number of hydrogen-bond donors (Lipinski definition) is 2. The lowest BCUT2D eigenvalue weighted by atomic mass is 9.87. The highest BCUT2D eigenvalue weighted by Crippen LogP contribution is 2.24. The lowest BCUT2D eigenvalue weighted by molar-refractivity contribution is 0.0333. The van der Waals surface area contributed by atoms with Gasteiger partial charge in [-0.05, 0) is 20.1 Å². The average molecular weight is 273 g/mol. The van der Waals surface area contributed by atoms with E-state index in [1.807, 2.05) is 0 Å². The molecule has 0 radical (unpaired) electrons. The Hall–Kier alpha value is -1.46. The topological polar surface area (TPSA) is 90.7 Å². The zero-order chi connectivity index (χ0) is 25.3. The Bertz CT molecular complexity index is 644. The first kappa shape index (κ1) is 4.90. The van der Waals surface area contributed by atoms with Gasteiger partial charge in [0.2, 0.25) is 0 Å². The summed E-state index contributed by atoms with van der Waals surface area (Å²) in [4.78, 5) is 23.0. The maximum absolute atomic E-state index is 12.0. The molecule has 0 aromatic rings. The molecule has 106 valence electrons. The van der Waals surface area contributed by atoms with E-state index in [9.17, 15) is 9.59 Å². The molecule has 1 atom stereocenters. The summed E-state index contributed by atoms with van der Waals surface area (Å²) in [5.74, 6) is 0. The van der Waals surface area contributed by atoms with Gasteiger partial charge in [-0.1, -0.05) is 20.1 Å². The van der Waals surface area contributed by atoms with Crippen LogP contribution in [0.5, 0.6) is 0 Å². The van der Waals surface area contributed by atoms with Crippen molar-refractivity contribution in [2.75, 3.05) is 13.2 Å². The van der Waals surface area contributed by atoms with Crippen LogP contribution in [0.15, 0.2) is 0 Å². The number of carbonyl (C=O) groups excluding carboxylic acids is 2. The lowest BCUT2D eigenvalue weighted by Crippen LogP contribution is -2.37. The van der Waals surface area contributed by atoms with Gasteiger partial charge >= 0.3 is 12.2 Å². The molecule has 0 saturated heterocycles. The number of hydrogen-bond acceptors (Lipinski definition) is 4. The molecule has 0 aromatic carbocycles. The fourth-order valence-corrected chi connectivity index (χ4v) is 0.879. The number of nitrogens with one attached hydrogen (secondary N) is 1. The highest BCUT2D eigenvalue weighted by molar-refractivity contribution is 5.67. The largest absolute Gasteiger partial charge is 0.449 e. The Kier molecular flexibility index (Phi) is 2.12. The predicted octanol–water partition coefficient (Wildman–Crippen LogP) is 2.02. The summed E-state index contributed by atoms with van der Waals surface area (Å²) in [6, 6.07) is -2.34. The molecule has 3 N–H and O–H groups in total. The molecule has 18 heavy (non-hydrogen) atoms. The summed E-state index contributed by atoms with van der Waals surface area (Å²) in [6.45, 7) is -11.1. The molecule has 0 aliphatic heterocycles. The monoisotopic (exact) mass is 273 g/mol. The van der Waals surface area contributed by atoms with Crippen LogP contribution >= 0.6 is 0 Å². The Labute approximate surface area is 126 Å². The van der Waals surface area contributed by atoms with Crippen molar-refractivity contribution in [1.29, 1.82) is 0 Å². The van der Waals surface area contributed by atoms with Crippen molar-refractivity contribution in [3.63, 3.8) is 0 Å². The molecular formula is C12H24N2O4. The van der Waals surface area contributed by atoms with Crippen LogP contribution in [0.2, 0.25) is 0 Å². The Morgan fingerprint density at radius 2 is 2.11 bits per heavy atom. The van der Waals surface area contributed by atoms with E-state index in [1.54, 1.807) is 5.32 Å². The van der Waals surface area contributed by atoms with Crippen LogP contribution in [-0.2, 0) is 9.47 Å². The molecule has 6 heteroatoms. The molecule has 6 nitrogen and oxygen atoms in total. The highest BCUT2D eigenvalue weighted by Gasteiger charge is 2.27. The quantitative estimate of drug-likeness (QED) is 0.742. The van der Waals surface area contributed by atoms with Crippen LogP contribution in [0.25, 0.3) is 0 Å². The Morgan fingerprint density at radius 1 is 1.44 bits per heavy atom. The fraction of sp³-hybridized carbons (Fsp3) is 0.833. The summed E-state index contributed by atoms with van der Waals surface area (Å²) < 4.78 is 106. The van der Waals surface area contributed by atoms with Gasteiger partial charge in [-0.25, -0.2) is 9.59 Å². The van der Waals surface area contributed by atoms with E-state index >= 15 is 0 Å². The molecule has 0 fully saturated rings. The number of carbonyl (C=O) groups is 2. The van der Waals surface area contributed by atoms with Gasteiger partial charge in [0, 0.05) is 29.3 Å². The molecule has 0 rings (SSSR count). The van der Waals surface area contributed by atoms with E-state index in [0.29, 0.717) is 0 Å². The zero-order valence-electron chi connectivity index (χ0n) is 22.7. The van der Waals surface area contributed by atoms with Crippen molar-refractivity contribution in [1.82, 2.24) is 5.32 Å². The second-order valence-corrected chi connectivity index (χ2v) is 3.57. The summed E-state index contributed by atoms with van der Waals surface area (Å²) in [6.07, 6.45) is -9.89. The van der Waals surface area contributed by atoms with Gasteiger partial charge in [-0.3, -0.25) is 0 Å². The van der Waals surface area contributed by atoms with Gasteiger partial charge in [0.15, 0.2) is 0 Å². The van der Waals surface area contributed by atoms with E-state index in [2.05, 4.69) is 9.47 Å². The third-order valence-corrected chi connectivity index (χ3v) is 1.68. The van der Waals surface area contributed by atoms with Crippen molar-refractivity contribution >= 4 is 12.2 Å². The van der Waals surface area contributed by atoms with Crippen molar-refractivity contribution in [3.8, 4) is 0 Å². The smallest absolute Gasteiger partial charge is 0.407 e. The predicted molar refractivity (Wildman–Crippen MR) is 68.2 cm³/mol. The van der Waals surface area contributed by atoms with Crippen molar-refractivity contribution in [2.24, 2.45) is 11.1 Å². The van der Waals surface area contributed by atoms with Gasteiger partial charge < -0.3 is 20.5 Å². The summed E-state index contributed by atoms with van der Waals surface area (Å²) >= 11 is 0. The molecule has 0 aliphatic carbocycles. The first-order valence-electron chi connectivity index (χ1n) is 11.3. The summed E-state index contributed by atoms with van der Waals surface area (Å²) in [5.41, 5.74) is 2.48. The maximum atomic E-state index is 12.0. The van der Waals surface area contributed by atoms with Crippen molar-refractivity contribution in [3.05, 3.63) is 0 Å². The van der Waals surface area contributed by atoms with Crippen molar-refractivity contribution < 1.29 is 36.9 Å². The van der Waals surface area contributed by atoms with Crippen LogP contribution < -0.4 is 11.1 Å². The molecular weight excluding hydrogens is 236 g/mol. The van der Waals surface area contributed by atoms with Gasteiger partial charge in [-0.2, -0.15) is 0 Å². The first-order chi connectivity index (χ1) is 13.4. The van der Waals surface area contributed by atoms with Crippen LogP contribution in [-0.4, -0.2) is 31.4 Å². The number of primary amides is 1. The van der Waals surface area contributed by atoms with Crippen LogP contribution in [0.4, 0.5) is 9.59 Å². The second kappa shape index (κ2) is 7.79. The highest BCUT2D eigenvalue weighted by atomic mass is 16.6. The summed E-state index contributed by atoms with van der Waals surface area (Å²) in [5, 5.41) is 1.61. The fourth-order valence-electron chi connectivity index (χ4n) is 0.879. The number of amides is 2. The van der Waals surface area contributed by atoms with Crippen molar-refractivity contribution in [2.45, 2.75) is 46.3 Å². The average Bonchev–Trinajstić information content (AvgIpc) is 2.52. The Balaban J connectivity index is 5.83. The van der Waals surface area contributed by atoms with Gasteiger partial charge in [0.25, 0.3) is 0 Å². The molecule has 2 amide bonds. The SMILES string of the molecule is [2H]C([2H])([2H])C(NC(=O)OCC(C)(COC(N)=O)C([2H])([2H])C([2H])([2H])C([2H])([2H])[2H])C([2H])([2H])[2H]. The molecule has 0 bridgehead atoms. The molecule has 0 heterocycles.